The van der Waals surface area contributed by atoms with Crippen molar-refractivity contribution in [3.63, 3.8) is 0 Å². The molecule has 1 unspecified atom stereocenters. The average Bonchev–Trinajstić information content (AvgIpc) is 2.45. The molecular formula is C17H21NO2. The highest BCUT2D eigenvalue weighted by Crippen LogP contribution is 2.30. The highest BCUT2D eigenvalue weighted by Gasteiger charge is 2.15. The Morgan fingerprint density at radius 1 is 1.20 bits per heavy atom. The topological polar surface area (TPSA) is 40.5 Å². The van der Waals surface area contributed by atoms with E-state index in [2.05, 4.69) is 25.8 Å². The van der Waals surface area contributed by atoms with Crippen LogP contribution in [0.1, 0.15) is 37.0 Å². The summed E-state index contributed by atoms with van der Waals surface area (Å²) in [6, 6.07) is 11.8. The SMILES string of the molecule is CCCC(C)N(C)c1ccc(C(=O)O)c2ccccc12. The lowest BCUT2D eigenvalue weighted by molar-refractivity contribution is 0.0699. The van der Waals surface area contributed by atoms with Gasteiger partial charge in [0.05, 0.1) is 5.56 Å². The number of carboxylic acid groups (broad SMARTS) is 1. The van der Waals surface area contributed by atoms with Gasteiger partial charge in [-0.3, -0.25) is 0 Å². The van der Waals surface area contributed by atoms with Gasteiger partial charge in [-0.2, -0.15) is 0 Å². The van der Waals surface area contributed by atoms with E-state index in [0.717, 1.165) is 29.3 Å². The van der Waals surface area contributed by atoms with Crippen LogP contribution in [0.25, 0.3) is 10.8 Å². The highest BCUT2D eigenvalue weighted by molar-refractivity contribution is 6.07. The van der Waals surface area contributed by atoms with E-state index in [1.165, 1.54) is 0 Å². The Hall–Kier alpha value is -2.03. The molecule has 0 spiro atoms. The maximum Gasteiger partial charge on any atom is 0.336 e. The van der Waals surface area contributed by atoms with E-state index < -0.39 is 5.97 Å². The largest absolute Gasteiger partial charge is 0.478 e. The number of fused-ring (bicyclic) bond motifs is 1. The van der Waals surface area contributed by atoms with Crippen LogP contribution < -0.4 is 4.90 Å². The maximum absolute atomic E-state index is 11.3. The van der Waals surface area contributed by atoms with Crippen LogP contribution in [-0.2, 0) is 0 Å². The molecular weight excluding hydrogens is 250 g/mol. The van der Waals surface area contributed by atoms with E-state index in [1.807, 2.05) is 30.3 Å². The van der Waals surface area contributed by atoms with Crippen LogP contribution >= 0.6 is 0 Å². The lowest BCUT2D eigenvalue weighted by atomic mass is 10.0. The summed E-state index contributed by atoms with van der Waals surface area (Å²) < 4.78 is 0. The summed E-state index contributed by atoms with van der Waals surface area (Å²) in [4.78, 5) is 13.6. The maximum atomic E-state index is 11.3. The zero-order chi connectivity index (χ0) is 14.7. The predicted octanol–water partition coefficient (Wildman–Crippen LogP) is 4.16. The Balaban J connectivity index is 2.56. The Morgan fingerprint density at radius 2 is 1.85 bits per heavy atom. The van der Waals surface area contributed by atoms with Crippen molar-refractivity contribution in [3.05, 3.63) is 42.0 Å². The first-order chi connectivity index (χ1) is 9.56. The second kappa shape index (κ2) is 5.95. The number of benzene rings is 2. The third kappa shape index (κ3) is 2.62. The lowest BCUT2D eigenvalue weighted by Gasteiger charge is -2.28. The van der Waals surface area contributed by atoms with Crippen molar-refractivity contribution in [2.24, 2.45) is 0 Å². The van der Waals surface area contributed by atoms with Gasteiger partial charge in [0.15, 0.2) is 0 Å². The standard InChI is InChI=1S/C17H21NO2/c1-4-7-12(2)18(3)16-11-10-15(17(19)20)13-8-5-6-9-14(13)16/h5-6,8-12H,4,7H2,1-3H3,(H,19,20). The fourth-order valence-corrected chi connectivity index (χ4v) is 2.63. The number of anilines is 1. The molecule has 0 aliphatic carbocycles. The van der Waals surface area contributed by atoms with Crippen LogP contribution in [0.5, 0.6) is 0 Å². The van der Waals surface area contributed by atoms with Gasteiger partial charge in [0.1, 0.15) is 0 Å². The van der Waals surface area contributed by atoms with Gasteiger partial charge in [0, 0.05) is 24.2 Å². The summed E-state index contributed by atoms with van der Waals surface area (Å²) in [6.45, 7) is 4.37. The Kier molecular flexibility index (Phi) is 4.28. The van der Waals surface area contributed by atoms with Crippen molar-refractivity contribution < 1.29 is 9.90 Å². The van der Waals surface area contributed by atoms with Crippen LogP contribution in [0, 0.1) is 0 Å². The predicted molar refractivity (Wildman–Crippen MR) is 83.7 cm³/mol. The van der Waals surface area contributed by atoms with E-state index >= 15 is 0 Å². The number of nitrogens with zero attached hydrogens (tertiary/aromatic N) is 1. The summed E-state index contributed by atoms with van der Waals surface area (Å²) in [7, 11) is 2.07. The Morgan fingerprint density at radius 3 is 2.45 bits per heavy atom. The normalized spacial score (nSPS) is 12.3. The second-order valence-corrected chi connectivity index (χ2v) is 5.23. The van der Waals surface area contributed by atoms with Crippen molar-refractivity contribution in [1.82, 2.24) is 0 Å². The minimum absolute atomic E-state index is 0.362. The fraction of sp³-hybridized carbons (Fsp3) is 0.353. The van der Waals surface area contributed by atoms with Crippen LogP contribution in [0.4, 0.5) is 5.69 Å². The first-order valence-corrected chi connectivity index (χ1v) is 7.04. The first-order valence-electron chi connectivity index (χ1n) is 7.04. The molecule has 2 rings (SSSR count). The molecule has 0 aromatic heterocycles. The molecule has 0 fully saturated rings. The molecule has 0 amide bonds. The molecule has 1 N–H and O–H groups in total. The van der Waals surface area contributed by atoms with Gasteiger partial charge in [0.25, 0.3) is 0 Å². The van der Waals surface area contributed by atoms with Crippen molar-refractivity contribution in [3.8, 4) is 0 Å². The number of carboxylic acids is 1. The molecule has 0 saturated carbocycles. The number of hydrogen-bond donors (Lipinski definition) is 1. The van der Waals surface area contributed by atoms with Gasteiger partial charge in [-0.05, 0) is 30.9 Å². The summed E-state index contributed by atoms with van der Waals surface area (Å²) in [6.07, 6.45) is 2.25. The van der Waals surface area contributed by atoms with E-state index in [0.29, 0.717) is 11.6 Å². The lowest BCUT2D eigenvalue weighted by Crippen LogP contribution is -2.28. The summed E-state index contributed by atoms with van der Waals surface area (Å²) in [5, 5.41) is 11.1. The molecule has 3 nitrogen and oxygen atoms in total. The zero-order valence-corrected chi connectivity index (χ0v) is 12.3. The Bertz CT molecular complexity index is 621. The third-order valence-corrected chi connectivity index (χ3v) is 3.88. The molecule has 0 aliphatic rings. The third-order valence-electron chi connectivity index (χ3n) is 3.88. The summed E-state index contributed by atoms with van der Waals surface area (Å²) in [5.74, 6) is -0.878. The Labute approximate surface area is 119 Å². The molecule has 0 bridgehead atoms. The van der Waals surface area contributed by atoms with E-state index in [-0.39, 0.29) is 0 Å². The van der Waals surface area contributed by atoms with E-state index in [1.54, 1.807) is 6.07 Å². The molecule has 20 heavy (non-hydrogen) atoms. The van der Waals surface area contributed by atoms with Crippen molar-refractivity contribution in [1.29, 1.82) is 0 Å². The molecule has 3 heteroatoms. The quantitative estimate of drug-likeness (QED) is 0.887. The second-order valence-electron chi connectivity index (χ2n) is 5.23. The number of rotatable bonds is 5. The number of carbonyl (C=O) groups is 1. The molecule has 2 aromatic rings. The van der Waals surface area contributed by atoms with Gasteiger partial charge in [-0.15, -0.1) is 0 Å². The fourth-order valence-electron chi connectivity index (χ4n) is 2.63. The summed E-state index contributed by atoms with van der Waals surface area (Å²) in [5.41, 5.74) is 1.45. The van der Waals surface area contributed by atoms with Crippen molar-refractivity contribution in [2.45, 2.75) is 32.7 Å². The monoisotopic (exact) mass is 271 g/mol. The molecule has 2 aromatic carbocycles. The van der Waals surface area contributed by atoms with Gasteiger partial charge in [-0.25, -0.2) is 4.79 Å². The van der Waals surface area contributed by atoms with Crippen molar-refractivity contribution in [2.75, 3.05) is 11.9 Å². The summed E-state index contributed by atoms with van der Waals surface area (Å²) >= 11 is 0. The molecule has 0 saturated heterocycles. The first kappa shape index (κ1) is 14.4. The van der Waals surface area contributed by atoms with E-state index in [4.69, 9.17) is 0 Å². The number of hydrogen-bond acceptors (Lipinski definition) is 2. The molecule has 106 valence electrons. The van der Waals surface area contributed by atoms with Crippen LogP contribution in [0.3, 0.4) is 0 Å². The van der Waals surface area contributed by atoms with Gasteiger partial charge < -0.3 is 10.0 Å². The van der Waals surface area contributed by atoms with Gasteiger partial charge in [-0.1, -0.05) is 37.6 Å². The highest BCUT2D eigenvalue weighted by atomic mass is 16.4. The average molecular weight is 271 g/mol. The zero-order valence-electron chi connectivity index (χ0n) is 12.3. The number of aromatic carboxylic acids is 1. The van der Waals surface area contributed by atoms with Crippen LogP contribution in [-0.4, -0.2) is 24.2 Å². The van der Waals surface area contributed by atoms with Gasteiger partial charge in [0.2, 0.25) is 0 Å². The molecule has 0 aliphatic heterocycles. The minimum Gasteiger partial charge on any atom is -0.478 e. The smallest absolute Gasteiger partial charge is 0.336 e. The van der Waals surface area contributed by atoms with E-state index in [9.17, 15) is 9.90 Å². The molecule has 0 heterocycles. The van der Waals surface area contributed by atoms with Crippen LogP contribution in [0.2, 0.25) is 0 Å². The van der Waals surface area contributed by atoms with Gasteiger partial charge >= 0.3 is 5.97 Å². The molecule has 0 radical (unpaired) electrons. The van der Waals surface area contributed by atoms with Crippen molar-refractivity contribution >= 4 is 22.4 Å². The van der Waals surface area contributed by atoms with Crippen LogP contribution in [0.15, 0.2) is 36.4 Å². The molecule has 1 atom stereocenters. The minimum atomic E-state index is -0.878.